The average molecular weight is 330 g/mol. The van der Waals surface area contributed by atoms with Crippen LogP contribution in [0.1, 0.15) is 31.2 Å². The highest BCUT2D eigenvalue weighted by Gasteiger charge is 2.29. The predicted octanol–water partition coefficient (Wildman–Crippen LogP) is 2.49. The van der Waals surface area contributed by atoms with Gasteiger partial charge in [0.25, 0.3) is 0 Å². The van der Waals surface area contributed by atoms with Crippen LogP contribution in [0.5, 0.6) is 0 Å². The Hall–Kier alpha value is -1.69. The summed E-state index contributed by atoms with van der Waals surface area (Å²) in [5.41, 5.74) is 0.573. The van der Waals surface area contributed by atoms with Crippen molar-refractivity contribution in [3.05, 3.63) is 35.9 Å². The van der Waals surface area contributed by atoms with Gasteiger partial charge in [-0.05, 0) is 24.8 Å². The van der Waals surface area contributed by atoms with E-state index < -0.39 is 25.6 Å². The number of carboxylic acid groups (broad SMARTS) is 2. The molecule has 8 heteroatoms. The van der Waals surface area contributed by atoms with Gasteiger partial charge in [0, 0.05) is 6.42 Å². The lowest BCUT2D eigenvalue weighted by Gasteiger charge is -2.18. The number of carbonyl (C=O) groups is 2. The minimum Gasteiger partial charge on any atom is -0.481 e. The molecule has 22 heavy (non-hydrogen) atoms. The predicted molar refractivity (Wildman–Crippen MR) is 78.6 cm³/mol. The topological polar surface area (TPSA) is 121 Å². The van der Waals surface area contributed by atoms with E-state index >= 15 is 0 Å². The van der Waals surface area contributed by atoms with Gasteiger partial charge >= 0.3 is 19.5 Å². The molecule has 0 aliphatic carbocycles. The Balaban J connectivity index is 2.55. The van der Waals surface area contributed by atoms with Gasteiger partial charge in [-0.15, -0.1) is 0 Å². The van der Waals surface area contributed by atoms with Crippen LogP contribution >= 0.6 is 7.60 Å². The van der Waals surface area contributed by atoms with Crippen molar-refractivity contribution in [1.82, 2.24) is 0 Å². The molecule has 7 nitrogen and oxygen atoms in total. The van der Waals surface area contributed by atoms with Gasteiger partial charge < -0.3 is 15.1 Å². The van der Waals surface area contributed by atoms with Gasteiger partial charge in [-0.3, -0.25) is 13.9 Å². The maximum atomic E-state index is 12.0. The van der Waals surface area contributed by atoms with Gasteiger partial charge in [0.2, 0.25) is 0 Å². The summed E-state index contributed by atoms with van der Waals surface area (Å²) in [6, 6.07) is 8.46. The van der Waals surface area contributed by atoms with Crippen molar-refractivity contribution in [2.24, 2.45) is 0 Å². The molecule has 1 aromatic carbocycles. The van der Waals surface area contributed by atoms with Crippen molar-refractivity contribution in [2.45, 2.75) is 37.9 Å². The van der Waals surface area contributed by atoms with E-state index in [0.29, 0.717) is 5.56 Å². The van der Waals surface area contributed by atoms with Crippen molar-refractivity contribution in [3.8, 4) is 0 Å². The molecule has 0 aliphatic heterocycles. The third kappa shape index (κ3) is 7.36. The van der Waals surface area contributed by atoms with Crippen LogP contribution in [0.15, 0.2) is 30.3 Å². The zero-order valence-corrected chi connectivity index (χ0v) is 12.8. The number of benzene rings is 1. The molecule has 0 spiro atoms. The lowest BCUT2D eigenvalue weighted by molar-refractivity contribution is -0.145. The fourth-order valence-electron chi connectivity index (χ4n) is 1.88. The summed E-state index contributed by atoms with van der Waals surface area (Å²) in [7, 11) is -4.09. The van der Waals surface area contributed by atoms with Crippen LogP contribution in [0.2, 0.25) is 0 Å². The van der Waals surface area contributed by atoms with Gasteiger partial charge in [0.05, 0.1) is 6.16 Å². The second-order valence-electron chi connectivity index (χ2n) is 4.85. The SMILES string of the molecule is O=C(O)CCCCC(OP(=O)(O)Cc1ccccc1)C(=O)O. The largest absolute Gasteiger partial charge is 0.481 e. The number of rotatable bonds is 10. The Morgan fingerprint density at radius 1 is 1.14 bits per heavy atom. The third-order valence-corrected chi connectivity index (χ3v) is 4.25. The minimum atomic E-state index is -4.09. The second kappa shape index (κ2) is 8.68. The number of hydrogen-bond acceptors (Lipinski definition) is 4. The molecule has 0 radical (unpaired) electrons. The molecule has 0 aliphatic rings. The molecular formula is C14H19O7P. The van der Waals surface area contributed by atoms with E-state index in [1.54, 1.807) is 30.3 Å². The molecule has 122 valence electrons. The van der Waals surface area contributed by atoms with Crippen molar-refractivity contribution < 1.29 is 33.8 Å². The summed E-state index contributed by atoms with van der Waals surface area (Å²) in [5.74, 6) is -2.30. The summed E-state index contributed by atoms with van der Waals surface area (Å²) in [5, 5.41) is 17.5. The Morgan fingerprint density at radius 2 is 1.77 bits per heavy atom. The monoisotopic (exact) mass is 330 g/mol. The molecule has 0 bridgehead atoms. The van der Waals surface area contributed by atoms with Crippen molar-refractivity contribution in [2.75, 3.05) is 0 Å². The first-order valence-corrected chi connectivity index (χ1v) is 8.55. The number of hydrogen-bond donors (Lipinski definition) is 3. The highest BCUT2D eigenvalue weighted by atomic mass is 31.2. The lowest BCUT2D eigenvalue weighted by Crippen LogP contribution is -2.23. The van der Waals surface area contributed by atoms with E-state index in [4.69, 9.17) is 14.7 Å². The molecule has 2 atom stereocenters. The Kier molecular flexibility index (Phi) is 7.24. The van der Waals surface area contributed by atoms with Crippen LogP contribution in [0.25, 0.3) is 0 Å². The summed E-state index contributed by atoms with van der Waals surface area (Å²) in [6.07, 6.45) is -1.21. The average Bonchev–Trinajstić information content (AvgIpc) is 2.42. The summed E-state index contributed by atoms with van der Waals surface area (Å²) >= 11 is 0. The van der Waals surface area contributed by atoms with Crippen molar-refractivity contribution >= 4 is 19.5 Å². The molecule has 0 heterocycles. The first-order valence-electron chi connectivity index (χ1n) is 6.79. The first-order chi connectivity index (χ1) is 10.3. The zero-order chi connectivity index (χ0) is 16.6. The Labute approximate surface area is 128 Å². The van der Waals surface area contributed by atoms with E-state index in [0.717, 1.165) is 0 Å². The molecule has 1 aromatic rings. The normalized spacial score (nSPS) is 15.0. The lowest BCUT2D eigenvalue weighted by atomic mass is 10.1. The van der Waals surface area contributed by atoms with Crippen LogP contribution in [-0.4, -0.2) is 33.1 Å². The molecule has 1 rings (SSSR count). The standard InChI is InChI=1S/C14H19O7P/c15-13(16)9-5-4-8-12(14(17)18)21-22(19,20)10-11-6-2-1-3-7-11/h1-3,6-7,12H,4-5,8-10H2,(H,15,16)(H,17,18)(H,19,20). The third-order valence-electron chi connectivity index (χ3n) is 2.90. The number of carboxylic acids is 2. The molecular weight excluding hydrogens is 311 g/mol. The van der Waals surface area contributed by atoms with Gasteiger partial charge in [-0.1, -0.05) is 30.3 Å². The molecule has 0 saturated carbocycles. The fourth-order valence-corrected chi connectivity index (χ4v) is 3.22. The van der Waals surface area contributed by atoms with E-state index in [2.05, 4.69) is 0 Å². The number of aliphatic carboxylic acids is 2. The molecule has 3 N–H and O–H groups in total. The number of unbranched alkanes of at least 4 members (excludes halogenated alkanes) is 1. The van der Waals surface area contributed by atoms with Gasteiger partial charge in [-0.25, -0.2) is 4.79 Å². The summed E-state index contributed by atoms with van der Waals surface area (Å²) in [6.45, 7) is 0. The Bertz CT molecular complexity index is 543. The van der Waals surface area contributed by atoms with Crippen LogP contribution in [-0.2, 0) is 24.8 Å². The summed E-state index contributed by atoms with van der Waals surface area (Å²) in [4.78, 5) is 31.3. The molecule has 2 unspecified atom stereocenters. The van der Waals surface area contributed by atoms with Crippen LogP contribution in [0.3, 0.4) is 0 Å². The second-order valence-corrected chi connectivity index (χ2v) is 6.65. The maximum absolute atomic E-state index is 12.0. The highest BCUT2D eigenvalue weighted by Crippen LogP contribution is 2.47. The van der Waals surface area contributed by atoms with E-state index in [-0.39, 0.29) is 31.8 Å². The molecule has 0 aromatic heterocycles. The van der Waals surface area contributed by atoms with E-state index in [1.165, 1.54) is 0 Å². The highest BCUT2D eigenvalue weighted by molar-refractivity contribution is 7.52. The quantitative estimate of drug-likeness (QED) is 0.445. The fraction of sp³-hybridized carbons (Fsp3) is 0.429. The van der Waals surface area contributed by atoms with Crippen LogP contribution < -0.4 is 0 Å². The molecule has 0 fully saturated rings. The first kappa shape index (κ1) is 18.4. The van der Waals surface area contributed by atoms with Gasteiger partial charge in [-0.2, -0.15) is 0 Å². The van der Waals surface area contributed by atoms with Gasteiger partial charge in [0.15, 0.2) is 6.10 Å². The minimum absolute atomic E-state index is 0.0120. The Morgan fingerprint density at radius 3 is 2.32 bits per heavy atom. The van der Waals surface area contributed by atoms with Crippen molar-refractivity contribution in [3.63, 3.8) is 0 Å². The van der Waals surface area contributed by atoms with Crippen molar-refractivity contribution in [1.29, 1.82) is 0 Å². The van der Waals surface area contributed by atoms with Crippen LogP contribution in [0.4, 0.5) is 0 Å². The molecule has 0 saturated heterocycles. The smallest absolute Gasteiger partial charge is 0.333 e. The van der Waals surface area contributed by atoms with Crippen LogP contribution in [0, 0.1) is 0 Å². The summed E-state index contributed by atoms with van der Waals surface area (Å²) < 4.78 is 16.9. The van der Waals surface area contributed by atoms with Gasteiger partial charge in [0.1, 0.15) is 0 Å². The molecule has 0 amide bonds. The maximum Gasteiger partial charge on any atom is 0.333 e. The van der Waals surface area contributed by atoms with E-state index in [9.17, 15) is 19.0 Å². The van der Waals surface area contributed by atoms with E-state index in [1.807, 2.05) is 0 Å². The zero-order valence-electron chi connectivity index (χ0n) is 11.9.